The molecular weight excluding hydrogens is 413 g/mol. The van der Waals surface area contributed by atoms with E-state index in [9.17, 15) is 18.1 Å². The summed E-state index contributed by atoms with van der Waals surface area (Å²) in [5.41, 5.74) is 0.678. The summed E-state index contributed by atoms with van der Waals surface area (Å²) in [6.45, 7) is -0.0912. The first kappa shape index (κ1) is 20.6. The molecule has 0 fully saturated rings. The molecule has 3 aromatic rings. The minimum Gasteiger partial charge on any atom is -0.489 e. The summed E-state index contributed by atoms with van der Waals surface area (Å²) in [5, 5.41) is 9.63. The lowest BCUT2D eigenvalue weighted by Crippen LogP contribution is -2.03. The van der Waals surface area contributed by atoms with Crippen molar-refractivity contribution in [1.29, 1.82) is 5.26 Å². The van der Waals surface area contributed by atoms with E-state index in [0.717, 1.165) is 0 Å². The van der Waals surface area contributed by atoms with Crippen LogP contribution in [0.15, 0.2) is 82.6 Å². The molecule has 0 heterocycles. The van der Waals surface area contributed by atoms with Crippen molar-refractivity contribution in [3.8, 4) is 11.8 Å². The lowest BCUT2D eigenvalue weighted by atomic mass is 10.2. The van der Waals surface area contributed by atoms with Gasteiger partial charge in [0.05, 0.1) is 9.92 Å². The van der Waals surface area contributed by atoms with Crippen molar-refractivity contribution < 1.29 is 17.5 Å². The van der Waals surface area contributed by atoms with E-state index in [2.05, 4.69) is 0 Å². The molecule has 0 radical (unpaired) electrons. The lowest BCUT2D eigenvalue weighted by Gasteiger charge is -2.09. The second kappa shape index (κ2) is 8.91. The first-order valence-electron chi connectivity index (χ1n) is 8.49. The van der Waals surface area contributed by atoms with Crippen LogP contribution in [0.1, 0.15) is 11.1 Å². The predicted molar refractivity (Wildman–Crippen MR) is 109 cm³/mol. The SMILES string of the molecule is N#C/C(=C/c1cccc(OCc2c(F)cccc2Cl)c1)S(=O)(=O)c1ccccc1. The van der Waals surface area contributed by atoms with Gasteiger partial charge in [0.1, 0.15) is 29.1 Å². The molecule has 3 aromatic carbocycles. The molecule has 146 valence electrons. The Balaban J connectivity index is 1.86. The molecule has 0 aliphatic heterocycles. The van der Waals surface area contributed by atoms with E-state index < -0.39 is 20.6 Å². The van der Waals surface area contributed by atoms with E-state index in [1.807, 2.05) is 0 Å². The molecule has 0 spiro atoms. The summed E-state index contributed by atoms with van der Waals surface area (Å²) in [6.07, 6.45) is 1.27. The molecule has 3 rings (SSSR count). The fourth-order valence-electron chi connectivity index (χ4n) is 2.57. The zero-order chi connectivity index (χ0) is 20.9. The zero-order valence-electron chi connectivity index (χ0n) is 15.0. The molecule has 7 heteroatoms. The number of allylic oxidation sites excluding steroid dienone is 1. The monoisotopic (exact) mass is 427 g/mol. The zero-order valence-corrected chi connectivity index (χ0v) is 16.6. The van der Waals surface area contributed by atoms with Gasteiger partial charge in [0.2, 0.25) is 9.84 Å². The summed E-state index contributed by atoms with van der Waals surface area (Å²) in [5.74, 6) is -0.0956. The van der Waals surface area contributed by atoms with Gasteiger partial charge >= 0.3 is 0 Å². The van der Waals surface area contributed by atoms with E-state index in [1.165, 1.54) is 30.3 Å². The largest absolute Gasteiger partial charge is 0.489 e. The number of nitriles is 1. The molecular formula is C22H15ClFNO3S. The maximum absolute atomic E-state index is 13.9. The maximum atomic E-state index is 13.9. The number of hydrogen-bond acceptors (Lipinski definition) is 4. The van der Waals surface area contributed by atoms with Gasteiger partial charge < -0.3 is 4.74 Å². The molecule has 0 atom stereocenters. The van der Waals surface area contributed by atoms with Crippen molar-refractivity contribution in [3.05, 3.63) is 99.7 Å². The van der Waals surface area contributed by atoms with Crippen molar-refractivity contribution in [1.82, 2.24) is 0 Å². The summed E-state index contributed by atoms with van der Waals surface area (Å²) in [6, 6.07) is 20.3. The number of nitrogens with zero attached hydrogens (tertiary/aromatic N) is 1. The predicted octanol–water partition coefficient (Wildman–Crippen LogP) is 5.40. The van der Waals surface area contributed by atoms with Crippen LogP contribution in [-0.4, -0.2) is 8.42 Å². The van der Waals surface area contributed by atoms with Crippen LogP contribution in [0.25, 0.3) is 6.08 Å². The normalized spacial score (nSPS) is 11.7. The van der Waals surface area contributed by atoms with Gasteiger partial charge in [0.15, 0.2) is 0 Å². The van der Waals surface area contributed by atoms with Crippen LogP contribution in [0.2, 0.25) is 5.02 Å². The molecule has 0 saturated carbocycles. The number of halogens is 2. The van der Waals surface area contributed by atoms with E-state index >= 15 is 0 Å². The molecule has 29 heavy (non-hydrogen) atoms. The van der Waals surface area contributed by atoms with Crippen molar-refractivity contribution in [3.63, 3.8) is 0 Å². The number of hydrogen-bond donors (Lipinski definition) is 0. The molecule has 0 bridgehead atoms. The van der Waals surface area contributed by atoms with Gasteiger partial charge in [-0.25, -0.2) is 12.8 Å². The molecule has 0 saturated heterocycles. The first-order valence-corrected chi connectivity index (χ1v) is 10.4. The Labute approximate surface area is 173 Å². The topological polar surface area (TPSA) is 67.2 Å². The van der Waals surface area contributed by atoms with Gasteiger partial charge in [-0.2, -0.15) is 5.26 Å². The molecule has 0 aliphatic rings. The second-order valence-electron chi connectivity index (χ2n) is 6.00. The van der Waals surface area contributed by atoms with Gasteiger partial charge in [-0.3, -0.25) is 0 Å². The maximum Gasteiger partial charge on any atom is 0.216 e. The highest BCUT2D eigenvalue weighted by Crippen LogP contribution is 2.24. The van der Waals surface area contributed by atoms with Crippen LogP contribution >= 0.6 is 11.6 Å². The first-order chi connectivity index (χ1) is 13.9. The number of rotatable bonds is 6. The highest BCUT2D eigenvalue weighted by molar-refractivity contribution is 7.95. The second-order valence-corrected chi connectivity index (χ2v) is 8.32. The Bertz CT molecular complexity index is 1180. The van der Waals surface area contributed by atoms with Crippen molar-refractivity contribution >= 4 is 27.5 Å². The third-order valence-electron chi connectivity index (χ3n) is 4.05. The van der Waals surface area contributed by atoms with Gasteiger partial charge in [-0.15, -0.1) is 0 Å². The summed E-state index contributed by atoms with van der Waals surface area (Å²) in [7, 11) is -3.94. The van der Waals surface area contributed by atoms with Crippen molar-refractivity contribution in [2.45, 2.75) is 11.5 Å². The number of benzene rings is 3. The Morgan fingerprint density at radius 2 is 1.79 bits per heavy atom. The Kier molecular flexibility index (Phi) is 6.32. The van der Waals surface area contributed by atoms with Crippen molar-refractivity contribution in [2.24, 2.45) is 0 Å². The summed E-state index contributed by atoms with van der Waals surface area (Å²) >= 11 is 5.99. The quantitative estimate of drug-likeness (QED) is 0.494. The lowest BCUT2D eigenvalue weighted by molar-refractivity contribution is 0.300. The molecule has 4 nitrogen and oxygen atoms in total. The molecule has 0 aromatic heterocycles. The van der Waals surface area contributed by atoms with Gasteiger partial charge in [0.25, 0.3) is 0 Å². The van der Waals surface area contributed by atoms with Crippen LogP contribution in [-0.2, 0) is 16.4 Å². The Morgan fingerprint density at radius 1 is 1.07 bits per heavy atom. The van der Waals surface area contributed by atoms with Gasteiger partial charge in [0, 0.05) is 5.56 Å². The van der Waals surface area contributed by atoms with Crippen LogP contribution in [0, 0.1) is 17.1 Å². The van der Waals surface area contributed by atoms with E-state index in [4.69, 9.17) is 16.3 Å². The average molecular weight is 428 g/mol. The minimum atomic E-state index is -3.94. The third kappa shape index (κ3) is 4.83. The van der Waals surface area contributed by atoms with Crippen LogP contribution in [0.4, 0.5) is 4.39 Å². The van der Waals surface area contributed by atoms with Gasteiger partial charge in [-0.1, -0.05) is 48.0 Å². The molecule has 0 unspecified atom stereocenters. The van der Waals surface area contributed by atoms with Crippen LogP contribution < -0.4 is 4.74 Å². The van der Waals surface area contributed by atoms with Crippen molar-refractivity contribution in [2.75, 3.05) is 0 Å². The number of sulfone groups is 1. The fraction of sp³-hybridized carbons (Fsp3) is 0.0455. The summed E-state index contributed by atoms with van der Waals surface area (Å²) < 4.78 is 44.8. The van der Waals surface area contributed by atoms with Crippen LogP contribution in [0.5, 0.6) is 5.75 Å². The Morgan fingerprint density at radius 3 is 2.48 bits per heavy atom. The third-order valence-corrected chi connectivity index (χ3v) is 6.09. The standard InChI is InChI=1S/C22H15ClFNO3S/c23-21-10-5-11-22(24)20(21)15-28-17-7-4-6-16(12-17)13-19(14-25)29(26,27)18-8-2-1-3-9-18/h1-13H,15H2/b19-13-. The summed E-state index contributed by atoms with van der Waals surface area (Å²) in [4.78, 5) is -0.354. The number of ether oxygens (including phenoxy) is 1. The Hall–Kier alpha value is -3.14. The minimum absolute atomic E-state index is 0.0365. The fourth-order valence-corrected chi connectivity index (χ4v) is 3.97. The van der Waals surface area contributed by atoms with E-state index in [-0.39, 0.29) is 22.1 Å². The van der Waals surface area contributed by atoms with Crippen LogP contribution in [0.3, 0.4) is 0 Å². The van der Waals surface area contributed by atoms with E-state index in [0.29, 0.717) is 11.3 Å². The molecule has 0 amide bonds. The molecule has 0 aliphatic carbocycles. The molecule has 0 N–H and O–H groups in total. The van der Waals surface area contributed by atoms with E-state index in [1.54, 1.807) is 54.6 Å². The average Bonchev–Trinajstić information content (AvgIpc) is 2.72. The highest BCUT2D eigenvalue weighted by Gasteiger charge is 2.20. The van der Waals surface area contributed by atoms with Gasteiger partial charge in [-0.05, 0) is 48.0 Å². The smallest absolute Gasteiger partial charge is 0.216 e. The highest BCUT2D eigenvalue weighted by atomic mass is 35.5.